The summed E-state index contributed by atoms with van der Waals surface area (Å²) < 4.78 is 0. The molecule has 0 aliphatic carbocycles. The molecular weight excluding hydrogens is 336 g/mol. The summed E-state index contributed by atoms with van der Waals surface area (Å²) in [6.45, 7) is 11.2. The maximum absolute atomic E-state index is 11.0. The van der Waals surface area contributed by atoms with Gasteiger partial charge in [-0.05, 0) is 37.1 Å². The van der Waals surface area contributed by atoms with Crippen molar-refractivity contribution in [3.05, 3.63) is 77.9 Å². The van der Waals surface area contributed by atoms with E-state index in [4.69, 9.17) is 0 Å². The lowest BCUT2D eigenvalue weighted by Crippen LogP contribution is -2.57. The number of hydrogen-bond donors (Lipinski definition) is 1. The van der Waals surface area contributed by atoms with Crippen molar-refractivity contribution < 1.29 is 9.90 Å². The predicted molar refractivity (Wildman–Crippen MR) is 109 cm³/mol. The number of benzene rings is 2. The van der Waals surface area contributed by atoms with Gasteiger partial charge in [0.15, 0.2) is 0 Å². The van der Waals surface area contributed by atoms with E-state index in [0.29, 0.717) is 17.6 Å². The van der Waals surface area contributed by atoms with Crippen molar-refractivity contribution in [3.8, 4) is 5.75 Å². The van der Waals surface area contributed by atoms with Gasteiger partial charge in [-0.2, -0.15) is 0 Å². The second kappa shape index (κ2) is 8.51. The smallest absolute Gasteiger partial charge is 0.150 e. The normalized spacial score (nSPS) is 22.3. The Morgan fingerprint density at radius 3 is 2.48 bits per heavy atom. The lowest BCUT2D eigenvalue weighted by Gasteiger charge is -2.47. The average Bonchev–Trinajstić information content (AvgIpc) is 2.66. The number of carbonyl (C=O) groups is 1. The summed E-state index contributed by atoms with van der Waals surface area (Å²) in [7, 11) is 0. The number of aromatic hydroxyl groups is 1. The Kier molecular flexibility index (Phi) is 6.09. The standard InChI is InChI=1S/C23H28N2O2/c1-4-12-24-14-18(3)25(15-17(24)2)23(21-6-5-7-22(27)13-21)20-10-8-19(16-26)9-11-20/h4-11,13,16-18,23,27H,1,12,14-15H2,2-3H3/t17-,18+,23?/m1/s1. The SMILES string of the molecule is C=CCN1C[C@H](C)N(C(c2ccc(C=O)cc2)c2cccc(O)c2)C[C@H]1C. The number of nitrogens with zero attached hydrogens (tertiary/aromatic N) is 2. The molecule has 0 aromatic heterocycles. The number of rotatable bonds is 6. The zero-order chi connectivity index (χ0) is 19.4. The first-order valence-corrected chi connectivity index (χ1v) is 9.48. The Morgan fingerprint density at radius 1 is 1.11 bits per heavy atom. The third kappa shape index (κ3) is 4.29. The maximum atomic E-state index is 11.0. The lowest BCUT2D eigenvalue weighted by molar-refractivity contribution is 0.0306. The summed E-state index contributed by atoms with van der Waals surface area (Å²) in [4.78, 5) is 16.0. The first kappa shape index (κ1) is 19.3. The summed E-state index contributed by atoms with van der Waals surface area (Å²) >= 11 is 0. The zero-order valence-corrected chi connectivity index (χ0v) is 16.1. The molecule has 1 aliphatic rings. The highest BCUT2D eigenvalue weighted by Gasteiger charge is 2.34. The predicted octanol–water partition coefficient (Wildman–Crippen LogP) is 3.87. The van der Waals surface area contributed by atoms with Gasteiger partial charge in [0.2, 0.25) is 0 Å². The van der Waals surface area contributed by atoms with Crippen molar-refractivity contribution >= 4 is 6.29 Å². The molecule has 142 valence electrons. The van der Waals surface area contributed by atoms with E-state index >= 15 is 0 Å². The second-order valence-corrected chi connectivity index (χ2v) is 7.42. The molecule has 1 fully saturated rings. The molecular formula is C23H28N2O2. The van der Waals surface area contributed by atoms with E-state index in [2.05, 4.69) is 36.3 Å². The molecule has 1 heterocycles. The Hall–Kier alpha value is -2.43. The molecule has 1 saturated heterocycles. The Balaban J connectivity index is 1.98. The summed E-state index contributed by atoms with van der Waals surface area (Å²) in [6.07, 6.45) is 2.83. The molecule has 0 spiro atoms. The molecule has 1 N–H and O–H groups in total. The van der Waals surface area contributed by atoms with E-state index in [0.717, 1.165) is 37.0 Å². The summed E-state index contributed by atoms with van der Waals surface area (Å²) in [5.41, 5.74) is 2.86. The van der Waals surface area contributed by atoms with Crippen molar-refractivity contribution in [2.24, 2.45) is 0 Å². The average molecular weight is 364 g/mol. The minimum absolute atomic E-state index is 0.0288. The van der Waals surface area contributed by atoms with Gasteiger partial charge in [0.05, 0.1) is 6.04 Å². The summed E-state index contributed by atoms with van der Waals surface area (Å²) in [5.74, 6) is 0.271. The van der Waals surface area contributed by atoms with Gasteiger partial charge >= 0.3 is 0 Å². The fourth-order valence-corrected chi connectivity index (χ4v) is 4.03. The van der Waals surface area contributed by atoms with Crippen LogP contribution in [0, 0.1) is 0 Å². The van der Waals surface area contributed by atoms with Crippen LogP contribution in [0.3, 0.4) is 0 Å². The van der Waals surface area contributed by atoms with Crippen molar-refractivity contribution in [3.63, 3.8) is 0 Å². The number of aldehydes is 1. The molecule has 4 nitrogen and oxygen atoms in total. The van der Waals surface area contributed by atoms with E-state index < -0.39 is 0 Å². The Labute approximate surface area is 161 Å². The van der Waals surface area contributed by atoms with Crippen LogP contribution in [0.4, 0.5) is 0 Å². The van der Waals surface area contributed by atoms with E-state index in [1.54, 1.807) is 6.07 Å². The van der Waals surface area contributed by atoms with Crippen LogP contribution < -0.4 is 0 Å². The summed E-state index contributed by atoms with van der Waals surface area (Å²) in [5, 5.41) is 10.0. The fourth-order valence-electron chi connectivity index (χ4n) is 4.03. The van der Waals surface area contributed by atoms with Crippen LogP contribution in [-0.2, 0) is 0 Å². The van der Waals surface area contributed by atoms with E-state index in [1.165, 1.54) is 0 Å². The van der Waals surface area contributed by atoms with Crippen LogP contribution in [0.15, 0.2) is 61.2 Å². The number of piperazine rings is 1. The van der Waals surface area contributed by atoms with Gasteiger partial charge in [0, 0.05) is 37.3 Å². The van der Waals surface area contributed by atoms with E-state index in [9.17, 15) is 9.90 Å². The number of phenols is 1. The van der Waals surface area contributed by atoms with Crippen LogP contribution in [0.1, 0.15) is 41.4 Å². The molecule has 0 bridgehead atoms. The highest BCUT2D eigenvalue weighted by atomic mass is 16.3. The third-order valence-electron chi connectivity index (χ3n) is 5.43. The topological polar surface area (TPSA) is 43.8 Å². The molecule has 2 aromatic carbocycles. The number of phenolic OH excluding ortho intramolecular Hbond substituents is 1. The Bertz CT molecular complexity index is 787. The molecule has 4 heteroatoms. The molecule has 0 amide bonds. The lowest BCUT2D eigenvalue weighted by atomic mass is 9.93. The number of carbonyl (C=O) groups excluding carboxylic acids is 1. The van der Waals surface area contributed by atoms with Gasteiger partial charge in [-0.15, -0.1) is 6.58 Å². The zero-order valence-electron chi connectivity index (χ0n) is 16.1. The van der Waals surface area contributed by atoms with Crippen molar-refractivity contribution in [2.75, 3.05) is 19.6 Å². The van der Waals surface area contributed by atoms with Crippen LogP contribution in [0.2, 0.25) is 0 Å². The fraction of sp³-hybridized carbons (Fsp3) is 0.348. The first-order valence-electron chi connectivity index (χ1n) is 9.48. The van der Waals surface area contributed by atoms with Gasteiger partial charge in [0.1, 0.15) is 12.0 Å². The molecule has 3 rings (SSSR count). The highest BCUT2D eigenvalue weighted by Crippen LogP contribution is 2.34. The van der Waals surface area contributed by atoms with Crippen molar-refractivity contribution in [1.29, 1.82) is 0 Å². The Morgan fingerprint density at radius 2 is 1.85 bits per heavy atom. The van der Waals surface area contributed by atoms with Crippen LogP contribution in [-0.4, -0.2) is 52.9 Å². The van der Waals surface area contributed by atoms with Gasteiger partial charge in [-0.1, -0.05) is 42.5 Å². The quantitative estimate of drug-likeness (QED) is 0.624. The second-order valence-electron chi connectivity index (χ2n) is 7.42. The largest absolute Gasteiger partial charge is 0.508 e. The minimum Gasteiger partial charge on any atom is -0.508 e. The van der Waals surface area contributed by atoms with Crippen molar-refractivity contribution in [2.45, 2.75) is 32.0 Å². The summed E-state index contributed by atoms with van der Waals surface area (Å²) in [6, 6.07) is 16.0. The highest BCUT2D eigenvalue weighted by molar-refractivity contribution is 5.74. The monoisotopic (exact) mass is 364 g/mol. The van der Waals surface area contributed by atoms with Gasteiger partial charge < -0.3 is 5.11 Å². The molecule has 3 atom stereocenters. The molecule has 2 aromatic rings. The van der Waals surface area contributed by atoms with Gasteiger partial charge in [-0.25, -0.2) is 0 Å². The van der Waals surface area contributed by atoms with Crippen LogP contribution in [0.25, 0.3) is 0 Å². The minimum atomic E-state index is 0.0288. The molecule has 0 radical (unpaired) electrons. The molecule has 1 aliphatic heterocycles. The maximum Gasteiger partial charge on any atom is 0.150 e. The van der Waals surface area contributed by atoms with Gasteiger partial charge in [0.25, 0.3) is 0 Å². The first-order chi connectivity index (χ1) is 13.0. The third-order valence-corrected chi connectivity index (χ3v) is 5.43. The van der Waals surface area contributed by atoms with Gasteiger partial charge in [-0.3, -0.25) is 14.6 Å². The van der Waals surface area contributed by atoms with E-state index in [-0.39, 0.29) is 11.8 Å². The van der Waals surface area contributed by atoms with Crippen LogP contribution >= 0.6 is 0 Å². The molecule has 1 unspecified atom stereocenters. The number of hydrogen-bond acceptors (Lipinski definition) is 4. The van der Waals surface area contributed by atoms with Crippen LogP contribution in [0.5, 0.6) is 5.75 Å². The van der Waals surface area contributed by atoms with Crippen molar-refractivity contribution in [1.82, 2.24) is 9.80 Å². The van der Waals surface area contributed by atoms with E-state index in [1.807, 2.05) is 42.5 Å². The molecule has 27 heavy (non-hydrogen) atoms. The molecule has 0 saturated carbocycles.